The highest BCUT2D eigenvalue weighted by atomic mass is 16.5. The van der Waals surface area contributed by atoms with Crippen molar-refractivity contribution in [1.82, 2.24) is 0 Å². The van der Waals surface area contributed by atoms with Gasteiger partial charge in [0.1, 0.15) is 12.4 Å². The zero-order valence-electron chi connectivity index (χ0n) is 14.0. The molecule has 0 fully saturated rings. The van der Waals surface area contributed by atoms with E-state index in [-0.39, 0.29) is 6.61 Å². The van der Waals surface area contributed by atoms with E-state index in [1.54, 1.807) is 18.2 Å². The van der Waals surface area contributed by atoms with Crippen molar-refractivity contribution in [3.05, 3.63) is 29.3 Å². The molecule has 0 heterocycles. The van der Waals surface area contributed by atoms with Gasteiger partial charge < -0.3 is 19.7 Å². The van der Waals surface area contributed by atoms with Gasteiger partial charge in [0, 0.05) is 6.61 Å². The summed E-state index contributed by atoms with van der Waals surface area (Å²) in [6, 6.07) is 4.79. The monoisotopic (exact) mass is 310 g/mol. The minimum atomic E-state index is -0.431. The Morgan fingerprint density at radius 2 is 1.82 bits per heavy atom. The Bertz CT molecular complexity index is 470. The Balaban J connectivity index is 0. The van der Waals surface area contributed by atoms with Gasteiger partial charge >= 0.3 is 5.97 Å². The summed E-state index contributed by atoms with van der Waals surface area (Å²) in [4.78, 5) is 11.3. The summed E-state index contributed by atoms with van der Waals surface area (Å²) in [5.41, 5.74) is 1.01. The van der Waals surface area contributed by atoms with E-state index in [2.05, 4.69) is 16.6 Å². The molecule has 1 aromatic rings. The number of methoxy groups -OCH3 is 2. The molecule has 0 aliphatic heterocycles. The summed E-state index contributed by atoms with van der Waals surface area (Å²) in [6.07, 6.45) is 0.875. The minimum absolute atomic E-state index is 0.220. The van der Waals surface area contributed by atoms with Gasteiger partial charge in [0.15, 0.2) is 0 Å². The van der Waals surface area contributed by atoms with Crippen LogP contribution < -0.4 is 4.74 Å². The fraction of sp³-hybridized carbons (Fsp3) is 0.471. The molecule has 0 amide bonds. The first-order valence-electron chi connectivity index (χ1n) is 7.11. The maximum atomic E-state index is 11.3. The highest BCUT2D eigenvalue weighted by Gasteiger charge is 2.08. The lowest BCUT2D eigenvalue weighted by molar-refractivity contribution is 0.0600. The van der Waals surface area contributed by atoms with Gasteiger partial charge in [-0.1, -0.05) is 32.6 Å². The van der Waals surface area contributed by atoms with Gasteiger partial charge in [-0.05, 0) is 24.6 Å². The Hall–Kier alpha value is -2.03. The molecule has 5 nitrogen and oxygen atoms in total. The quantitative estimate of drug-likeness (QED) is 0.661. The molecule has 0 unspecified atom stereocenters. The molecule has 1 rings (SSSR count). The van der Waals surface area contributed by atoms with Crippen LogP contribution >= 0.6 is 0 Å². The van der Waals surface area contributed by atoms with Crippen LogP contribution in [-0.4, -0.2) is 43.6 Å². The highest BCUT2D eigenvalue weighted by molar-refractivity contribution is 5.90. The van der Waals surface area contributed by atoms with Crippen molar-refractivity contribution in [2.75, 3.05) is 27.4 Å². The van der Waals surface area contributed by atoms with Crippen molar-refractivity contribution in [2.45, 2.75) is 27.2 Å². The summed E-state index contributed by atoms with van der Waals surface area (Å²) in [5.74, 6) is 5.28. The second-order valence-electron chi connectivity index (χ2n) is 3.59. The van der Waals surface area contributed by atoms with Crippen molar-refractivity contribution >= 4 is 5.97 Å². The Morgan fingerprint density at radius 3 is 2.23 bits per heavy atom. The van der Waals surface area contributed by atoms with Crippen LogP contribution in [0.5, 0.6) is 5.75 Å². The van der Waals surface area contributed by atoms with Crippen LogP contribution in [0.3, 0.4) is 0 Å². The van der Waals surface area contributed by atoms with Gasteiger partial charge in [0.25, 0.3) is 0 Å². The zero-order chi connectivity index (χ0) is 17.4. The van der Waals surface area contributed by atoms with Crippen LogP contribution in [0.25, 0.3) is 0 Å². The maximum Gasteiger partial charge on any atom is 0.337 e. The molecule has 0 saturated heterocycles. The summed E-state index contributed by atoms with van der Waals surface area (Å²) >= 11 is 0. The smallest absolute Gasteiger partial charge is 0.337 e. The van der Waals surface area contributed by atoms with Gasteiger partial charge in [0.05, 0.1) is 25.3 Å². The van der Waals surface area contributed by atoms with Crippen LogP contribution in [0.1, 0.15) is 43.1 Å². The molecule has 0 aliphatic rings. The van der Waals surface area contributed by atoms with Crippen molar-refractivity contribution in [1.29, 1.82) is 0 Å². The van der Waals surface area contributed by atoms with Gasteiger partial charge in [-0.15, -0.1) is 0 Å². The molecule has 1 aromatic carbocycles. The fourth-order valence-electron chi connectivity index (χ4n) is 1.17. The number of carbonyl (C=O) groups is 1. The fourth-order valence-corrected chi connectivity index (χ4v) is 1.17. The minimum Gasteiger partial charge on any atom is -0.495 e. The number of ether oxygens (including phenoxy) is 2. The topological polar surface area (TPSA) is 76.0 Å². The van der Waals surface area contributed by atoms with E-state index < -0.39 is 5.97 Å². The number of esters is 1. The summed E-state index contributed by atoms with van der Waals surface area (Å²) in [7, 11) is 2.80. The maximum absolute atomic E-state index is 11.3. The third kappa shape index (κ3) is 9.01. The Labute approximate surface area is 132 Å². The molecule has 0 radical (unpaired) electrons. The third-order valence-electron chi connectivity index (χ3n) is 2.15. The molecule has 22 heavy (non-hydrogen) atoms. The molecule has 0 aliphatic carbocycles. The second-order valence-corrected chi connectivity index (χ2v) is 3.59. The zero-order valence-corrected chi connectivity index (χ0v) is 14.0. The first-order chi connectivity index (χ1) is 10.6. The van der Waals surface area contributed by atoms with Crippen molar-refractivity contribution in [3.63, 3.8) is 0 Å². The number of aliphatic hydroxyl groups is 2. The number of hydrogen-bond acceptors (Lipinski definition) is 5. The summed E-state index contributed by atoms with van der Waals surface area (Å²) in [5, 5.41) is 16.5. The lowest BCUT2D eigenvalue weighted by atomic mass is 10.1. The average Bonchev–Trinajstić information content (AvgIpc) is 2.60. The van der Waals surface area contributed by atoms with E-state index in [0.717, 1.165) is 6.42 Å². The van der Waals surface area contributed by atoms with Crippen LogP contribution in [-0.2, 0) is 4.74 Å². The van der Waals surface area contributed by atoms with Crippen LogP contribution in [0.15, 0.2) is 18.2 Å². The van der Waals surface area contributed by atoms with E-state index in [1.807, 2.05) is 20.8 Å². The number of benzene rings is 1. The summed E-state index contributed by atoms with van der Waals surface area (Å²) < 4.78 is 9.67. The number of aliphatic hydroxyl groups excluding tert-OH is 2. The molecular weight excluding hydrogens is 284 g/mol. The lowest BCUT2D eigenvalue weighted by Gasteiger charge is -2.05. The van der Waals surface area contributed by atoms with Gasteiger partial charge in [0.2, 0.25) is 0 Å². The Morgan fingerprint density at radius 1 is 1.23 bits per heavy atom. The predicted octanol–water partition coefficient (Wildman–Crippen LogP) is 2.24. The van der Waals surface area contributed by atoms with Crippen LogP contribution in [0.2, 0.25) is 0 Å². The molecule has 5 heteroatoms. The van der Waals surface area contributed by atoms with E-state index in [4.69, 9.17) is 14.9 Å². The summed E-state index contributed by atoms with van der Waals surface area (Å²) in [6.45, 7) is 6.03. The van der Waals surface area contributed by atoms with E-state index in [0.29, 0.717) is 23.5 Å². The molecule has 0 saturated carbocycles. The molecule has 0 spiro atoms. The van der Waals surface area contributed by atoms with E-state index >= 15 is 0 Å². The lowest BCUT2D eigenvalue weighted by Crippen LogP contribution is -2.02. The van der Waals surface area contributed by atoms with Crippen molar-refractivity contribution in [3.8, 4) is 17.6 Å². The van der Waals surface area contributed by atoms with Gasteiger partial charge in [-0.25, -0.2) is 4.79 Å². The first-order valence-corrected chi connectivity index (χ1v) is 7.11. The molecular formula is C17H26O5. The van der Waals surface area contributed by atoms with Gasteiger partial charge in [-0.3, -0.25) is 0 Å². The van der Waals surface area contributed by atoms with Crippen LogP contribution in [0.4, 0.5) is 0 Å². The number of carbonyl (C=O) groups excluding carboxylic acids is 1. The second kappa shape index (κ2) is 15.4. The molecule has 0 bridgehead atoms. The number of hydrogen-bond donors (Lipinski definition) is 2. The molecule has 2 N–H and O–H groups in total. The molecule has 0 aromatic heterocycles. The first kappa shape index (κ1) is 22.3. The Kier molecular flexibility index (Phi) is 15.5. The van der Waals surface area contributed by atoms with E-state index in [9.17, 15) is 4.79 Å². The van der Waals surface area contributed by atoms with E-state index in [1.165, 1.54) is 14.2 Å². The SMILES string of the molecule is CC.CCCO.COC(=O)c1ccc(C#CCO)c(OC)c1. The number of rotatable bonds is 3. The van der Waals surface area contributed by atoms with Crippen LogP contribution in [0, 0.1) is 11.8 Å². The predicted molar refractivity (Wildman–Crippen MR) is 87.0 cm³/mol. The highest BCUT2D eigenvalue weighted by Crippen LogP contribution is 2.19. The normalized spacial score (nSPS) is 8.14. The van der Waals surface area contributed by atoms with Crippen molar-refractivity contribution in [2.24, 2.45) is 0 Å². The third-order valence-corrected chi connectivity index (χ3v) is 2.15. The van der Waals surface area contributed by atoms with Crippen molar-refractivity contribution < 1.29 is 24.5 Å². The van der Waals surface area contributed by atoms with Gasteiger partial charge in [-0.2, -0.15) is 0 Å². The molecule has 0 atom stereocenters. The molecule has 124 valence electrons. The average molecular weight is 310 g/mol. The standard InChI is InChI=1S/C12H12O4.C3H8O.C2H6/c1-15-11-8-10(12(14)16-2)6-5-9(11)4-3-7-13;1-2-3-4;1-2/h5-6,8,13H,7H2,1-2H3;4H,2-3H2,1H3;1-2H3. The largest absolute Gasteiger partial charge is 0.495 e.